The molecule has 0 saturated heterocycles. The minimum atomic E-state index is -0.373. The largest absolute Gasteiger partial charge is 0.455 e. The van der Waals surface area contributed by atoms with Gasteiger partial charge in [-0.1, -0.05) is 36.4 Å². The van der Waals surface area contributed by atoms with E-state index in [2.05, 4.69) is 0 Å². The van der Waals surface area contributed by atoms with Gasteiger partial charge >= 0.3 is 5.97 Å². The molecular weight excluding hydrogens is 334 g/mol. The third-order valence-corrected chi connectivity index (χ3v) is 5.42. The van der Waals surface area contributed by atoms with E-state index < -0.39 is 0 Å². The van der Waals surface area contributed by atoms with Crippen molar-refractivity contribution in [1.29, 1.82) is 0 Å². The number of aryl methyl sites for hydroxylation is 1. The molecule has 25 heavy (non-hydrogen) atoms. The summed E-state index contributed by atoms with van der Waals surface area (Å²) < 4.78 is 5.19. The number of hydrogen-bond acceptors (Lipinski definition) is 4. The van der Waals surface area contributed by atoms with E-state index >= 15 is 0 Å². The van der Waals surface area contributed by atoms with Crippen molar-refractivity contribution >= 4 is 29.3 Å². The van der Waals surface area contributed by atoms with Gasteiger partial charge in [0, 0.05) is 16.6 Å². The summed E-state index contributed by atoms with van der Waals surface area (Å²) in [5, 5.41) is 0. The molecule has 1 aliphatic rings. The number of fused-ring (bicyclic) bond motifs is 1. The van der Waals surface area contributed by atoms with Crippen molar-refractivity contribution in [2.45, 2.75) is 31.2 Å². The normalized spacial score (nSPS) is 15.8. The number of amides is 1. The van der Waals surface area contributed by atoms with Crippen LogP contribution >= 0.6 is 11.8 Å². The summed E-state index contributed by atoms with van der Waals surface area (Å²) in [6.07, 6.45) is 0.832. The van der Waals surface area contributed by atoms with E-state index in [1.807, 2.05) is 62.4 Å². The SMILES string of the molecule is Cc1ccccc1SCC(=O)OCC(=O)N1c2ccccc2CC1C. The summed E-state index contributed by atoms with van der Waals surface area (Å²) in [7, 11) is 0. The minimum absolute atomic E-state index is 0.0879. The van der Waals surface area contributed by atoms with Crippen molar-refractivity contribution in [3.63, 3.8) is 0 Å². The molecule has 0 saturated carbocycles. The molecule has 0 aromatic heterocycles. The molecule has 4 nitrogen and oxygen atoms in total. The lowest BCUT2D eigenvalue weighted by atomic mass is 10.1. The van der Waals surface area contributed by atoms with Crippen LogP contribution in [0.25, 0.3) is 0 Å². The molecule has 0 N–H and O–H groups in total. The number of esters is 1. The number of hydrogen-bond donors (Lipinski definition) is 0. The summed E-state index contributed by atoms with van der Waals surface area (Å²) in [5.41, 5.74) is 3.20. The van der Waals surface area contributed by atoms with E-state index in [1.54, 1.807) is 4.90 Å². The van der Waals surface area contributed by atoms with Crippen molar-refractivity contribution in [3.8, 4) is 0 Å². The highest BCUT2D eigenvalue weighted by molar-refractivity contribution is 8.00. The Morgan fingerprint density at radius 2 is 1.88 bits per heavy atom. The number of carbonyl (C=O) groups excluding carboxylic acids is 2. The predicted octanol–water partition coefficient (Wildman–Crippen LogP) is 3.61. The van der Waals surface area contributed by atoms with Gasteiger partial charge in [0.25, 0.3) is 5.91 Å². The number of ether oxygens (including phenoxy) is 1. The fourth-order valence-electron chi connectivity index (χ4n) is 3.05. The van der Waals surface area contributed by atoms with E-state index in [0.717, 1.165) is 28.1 Å². The maximum atomic E-state index is 12.5. The van der Waals surface area contributed by atoms with Crippen LogP contribution in [0.3, 0.4) is 0 Å². The topological polar surface area (TPSA) is 46.6 Å². The zero-order chi connectivity index (χ0) is 17.8. The second kappa shape index (κ2) is 7.74. The van der Waals surface area contributed by atoms with E-state index in [-0.39, 0.29) is 30.3 Å². The molecule has 1 unspecified atom stereocenters. The number of nitrogens with zero attached hydrogens (tertiary/aromatic N) is 1. The fourth-order valence-corrected chi connectivity index (χ4v) is 3.88. The number of para-hydroxylation sites is 1. The van der Waals surface area contributed by atoms with Gasteiger partial charge in [-0.15, -0.1) is 11.8 Å². The molecular formula is C20H21NO3S. The Hall–Kier alpha value is -2.27. The molecule has 2 aromatic carbocycles. The van der Waals surface area contributed by atoms with Gasteiger partial charge in [0.1, 0.15) is 0 Å². The Bertz CT molecular complexity index is 790. The highest BCUT2D eigenvalue weighted by Gasteiger charge is 2.30. The van der Waals surface area contributed by atoms with Gasteiger partial charge in [-0.2, -0.15) is 0 Å². The maximum absolute atomic E-state index is 12.5. The number of thioether (sulfide) groups is 1. The lowest BCUT2D eigenvalue weighted by Gasteiger charge is -2.22. The molecule has 0 spiro atoms. The van der Waals surface area contributed by atoms with Gasteiger partial charge in [-0.3, -0.25) is 9.59 Å². The summed E-state index contributed by atoms with van der Waals surface area (Å²) in [6, 6.07) is 15.8. The van der Waals surface area contributed by atoms with E-state index in [9.17, 15) is 9.59 Å². The van der Waals surface area contributed by atoms with Crippen molar-refractivity contribution in [1.82, 2.24) is 0 Å². The van der Waals surface area contributed by atoms with Crippen LogP contribution in [0.5, 0.6) is 0 Å². The van der Waals surface area contributed by atoms with Gasteiger partial charge in [-0.25, -0.2) is 0 Å². The first kappa shape index (κ1) is 17.5. The van der Waals surface area contributed by atoms with Crippen molar-refractivity contribution in [2.24, 2.45) is 0 Å². The van der Waals surface area contributed by atoms with Gasteiger partial charge in [0.2, 0.25) is 0 Å². The number of benzene rings is 2. The van der Waals surface area contributed by atoms with E-state index in [1.165, 1.54) is 11.8 Å². The monoisotopic (exact) mass is 355 g/mol. The van der Waals surface area contributed by atoms with E-state index in [4.69, 9.17) is 4.74 Å². The Morgan fingerprint density at radius 1 is 1.16 bits per heavy atom. The number of carbonyl (C=O) groups is 2. The second-order valence-corrected chi connectivity index (χ2v) is 7.18. The number of anilines is 1. The van der Waals surface area contributed by atoms with Crippen molar-refractivity contribution in [2.75, 3.05) is 17.3 Å². The molecule has 2 aromatic rings. The second-order valence-electron chi connectivity index (χ2n) is 6.16. The molecule has 1 aliphatic heterocycles. The third kappa shape index (κ3) is 4.04. The molecule has 3 rings (SSSR count). The Morgan fingerprint density at radius 3 is 2.68 bits per heavy atom. The van der Waals surface area contributed by atoms with E-state index in [0.29, 0.717) is 0 Å². The average Bonchev–Trinajstić information content (AvgIpc) is 2.94. The standard InChI is InChI=1S/C20H21NO3S/c1-14-7-3-6-10-18(14)25-13-20(23)24-12-19(22)21-15(2)11-16-8-4-5-9-17(16)21/h3-10,15H,11-13H2,1-2H3. The minimum Gasteiger partial charge on any atom is -0.455 e. The van der Waals surface area contributed by atoms with Crippen LogP contribution in [0.1, 0.15) is 18.1 Å². The van der Waals surface area contributed by atoms with Crippen LogP contribution in [0.15, 0.2) is 53.4 Å². The lowest BCUT2D eigenvalue weighted by Crippen LogP contribution is -2.38. The summed E-state index contributed by atoms with van der Waals surface area (Å²) in [4.78, 5) is 27.2. The van der Waals surface area contributed by atoms with Gasteiger partial charge in [0.15, 0.2) is 6.61 Å². The quantitative estimate of drug-likeness (QED) is 0.607. The zero-order valence-corrected chi connectivity index (χ0v) is 15.2. The molecule has 130 valence electrons. The molecule has 1 amide bonds. The highest BCUT2D eigenvalue weighted by Crippen LogP contribution is 2.31. The van der Waals surface area contributed by atoms with Gasteiger partial charge < -0.3 is 9.64 Å². The third-order valence-electron chi connectivity index (χ3n) is 4.27. The first-order valence-electron chi connectivity index (χ1n) is 8.30. The molecule has 0 aliphatic carbocycles. The van der Waals surface area contributed by atoms with Crippen LogP contribution in [-0.2, 0) is 20.7 Å². The summed E-state index contributed by atoms with van der Waals surface area (Å²) >= 11 is 1.43. The predicted molar refractivity (Wildman–Crippen MR) is 100.0 cm³/mol. The van der Waals surface area contributed by atoms with Gasteiger partial charge in [0.05, 0.1) is 5.75 Å². The first-order valence-corrected chi connectivity index (χ1v) is 9.29. The number of rotatable bonds is 5. The molecule has 0 radical (unpaired) electrons. The first-order chi connectivity index (χ1) is 12.1. The van der Waals surface area contributed by atoms with Crippen molar-refractivity contribution < 1.29 is 14.3 Å². The van der Waals surface area contributed by atoms with Gasteiger partial charge in [-0.05, 0) is 43.5 Å². The summed E-state index contributed by atoms with van der Waals surface area (Å²) in [5.74, 6) is -0.349. The molecule has 1 atom stereocenters. The molecule has 0 bridgehead atoms. The maximum Gasteiger partial charge on any atom is 0.316 e. The van der Waals surface area contributed by atoms with Crippen LogP contribution in [0.4, 0.5) is 5.69 Å². The molecule has 5 heteroatoms. The van der Waals surface area contributed by atoms with Crippen LogP contribution in [-0.4, -0.2) is 30.3 Å². The van der Waals surface area contributed by atoms with Crippen LogP contribution < -0.4 is 4.90 Å². The Balaban J connectivity index is 1.52. The van der Waals surface area contributed by atoms with Crippen LogP contribution in [0, 0.1) is 6.92 Å². The molecule has 0 fully saturated rings. The highest BCUT2D eigenvalue weighted by atomic mass is 32.2. The average molecular weight is 355 g/mol. The summed E-state index contributed by atoms with van der Waals surface area (Å²) in [6.45, 7) is 3.79. The molecule has 1 heterocycles. The lowest BCUT2D eigenvalue weighted by molar-refractivity contribution is -0.145. The fraction of sp³-hybridized carbons (Fsp3) is 0.300. The Kier molecular flexibility index (Phi) is 5.43. The smallest absolute Gasteiger partial charge is 0.316 e. The zero-order valence-electron chi connectivity index (χ0n) is 14.4. The van der Waals surface area contributed by atoms with Crippen LogP contribution in [0.2, 0.25) is 0 Å². The Labute approximate surface area is 152 Å². The van der Waals surface area contributed by atoms with Crippen molar-refractivity contribution in [3.05, 3.63) is 59.7 Å².